The molecule has 0 saturated heterocycles. The second-order valence-electron chi connectivity index (χ2n) is 6.08. The number of carbonyl (C=O) groups excluding carboxylic acids is 2. The highest BCUT2D eigenvalue weighted by Gasteiger charge is 2.16. The molecule has 0 bridgehead atoms. The Morgan fingerprint density at radius 3 is 2.59 bits per heavy atom. The van der Waals surface area contributed by atoms with Gasteiger partial charge in [-0.15, -0.1) is 0 Å². The zero-order valence-corrected chi connectivity index (χ0v) is 17.1. The van der Waals surface area contributed by atoms with Crippen LogP contribution in [0.2, 0.25) is 10.0 Å². The van der Waals surface area contributed by atoms with Gasteiger partial charge in [0.1, 0.15) is 6.54 Å². The van der Waals surface area contributed by atoms with Gasteiger partial charge < -0.3 is 10.2 Å². The number of halogens is 2. The summed E-state index contributed by atoms with van der Waals surface area (Å²) in [6, 6.07) is 10.8. The van der Waals surface area contributed by atoms with Crippen molar-refractivity contribution < 1.29 is 14.5 Å². The number of nitrogens with one attached hydrogen (secondary N) is 1. The maximum Gasteiger partial charge on any atom is 0.276 e. The maximum absolute atomic E-state index is 12.5. The van der Waals surface area contributed by atoms with Crippen LogP contribution in [0.25, 0.3) is 6.08 Å². The number of amides is 2. The van der Waals surface area contributed by atoms with E-state index in [0.29, 0.717) is 29.2 Å². The van der Waals surface area contributed by atoms with E-state index < -0.39 is 16.7 Å². The fraction of sp³-hybridized carbons (Fsp3) is 0.200. The lowest BCUT2D eigenvalue weighted by atomic mass is 10.1. The van der Waals surface area contributed by atoms with Crippen LogP contribution < -0.4 is 5.32 Å². The van der Waals surface area contributed by atoms with Gasteiger partial charge in [0.25, 0.3) is 5.69 Å². The van der Waals surface area contributed by atoms with E-state index in [1.165, 1.54) is 29.2 Å². The van der Waals surface area contributed by atoms with Gasteiger partial charge in [0.05, 0.1) is 21.2 Å². The lowest BCUT2D eigenvalue weighted by Crippen LogP contribution is -2.37. The number of nitro benzene ring substituents is 1. The van der Waals surface area contributed by atoms with Gasteiger partial charge in [-0.25, -0.2) is 0 Å². The van der Waals surface area contributed by atoms with Crippen LogP contribution in [0.5, 0.6) is 0 Å². The maximum atomic E-state index is 12.5. The molecule has 152 valence electrons. The fourth-order valence-electron chi connectivity index (χ4n) is 2.55. The van der Waals surface area contributed by atoms with Crippen LogP contribution in [0.1, 0.15) is 18.9 Å². The molecule has 0 unspecified atom stereocenters. The first-order chi connectivity index (χ1) is 13.8. The first-order valence-corrected chi connectivity index (χ1v) is 9.52. The van der Waals surface area contributed by atoms with Gasteiger partial charge in [-0.1, -0.05) is 42.3 Å². The topological polar surface area (TPSA) is 92.6 Å². The Morgan fingerprint density at radius 1 is 1.21 bits per heavy atom. The number of anilines is 1. The smallest absolute Gasteiger partial charge is 0.276 e. The minimum Gasteiger partial charge on any atom is -0.330 e. The van der Waals surface area contributed by atoms with Crippen LogP contribution in [-0.2, 0) is 9.59 Å². The van der Waals surface area contributed by atoms with Crippen molar-refractivity contribution in [3.63, 3.8) is 0 Å². The summed E-state index contributed by atoms with van der Waals surface area (Å²) in [5.41, 5.74) is 0.592. The Labute approximate surface area is 178 Å². The van der Waals surface area contributed by atoms with E-state index in [0.717, 1.165) is 0 Å². The highest BCUT2D eigenvalue weighted by atomic mass is 35.5. The van der Waals surface area contributed by atoms with Crippen LogP contribution in [-0.4, -0.2) is 34.7 Å². The van der Waals surface area contributed by atoms with Crippen molar-refractivity contribution in [2.24, 2.45) is 0 Å². The SMILES string of the molecule is CCCN(CC(=O)Nc1ccc(Cl)cc1Cl)C(=O)/C=C/c1ccccc1[N+](=O)[O-]. The predicted molar refractivity (Wildman–Crippen MR) is 114 cm³/mol. The van der Waals surface area contributed by atoms with Crippen molar-refractivity contribution >= 4 is 52.5 Å². The summed E-state index contributed by atoms with van der Waals surface area (Å²) in [6.45, 7) is 2.04. The highest BCUT2D eigenvalue weighted by molar-refractivity contribution is 6.36. The molecule has 0 aliphatic heterocycles. The second kappa shape index (κ2) is 10.6. The number of nitro groups is 1. The molecule has 2 aromatic carbocycles. The molecule has 0 radical (unpaired) electrons. The summed E-state index contributed by atoms with van der Waals surface area (Å²) < 4.78 is 0. The zero-order chi connectivity index (χ0) is 21.4. The number of nitrogens with zero attached hydrogens (tertiary/aromatic N) is 2. The fourth-order valence-corrected chi connectivity index (χ4v) is 3.01. The average Bonchev–Trinajstić information content (AvgIpc) is 2.68. The van der Waals surface area contributed by atoms with Gasteiger partial charge in [0.15, 0.2) is 0 Å². The van der Waals surface area contributed by atoms with Gasteiger partial charge in [0.2, 0.25) is 11.8 Å². The van der Waals surface area contributed by atoms with E-state index in [1.807, 2.05) is 6.92 Å². The Bertz CT molecular complexity index is 947. The van der Waals surface area contributed by atoms with E-state index >= 15 is 0 Å². The van der Waals surface area contributed by atoms with E-state index in [1.54, 1.807) is 30.3 Å². The monoisotopic (exact) mass is 435 g/mol. The standard InChI is InChI=1S/C20H19Cl2N3O4/c1-2-11-24(13-19(26)23-17-9-8-15(21)12-16(17)22)20(27)10-7-14-5-3-4-6-18(14)25(28)29/h3-10,12H,2,11,13H2,1H3,(H,23,26)/b10-7+. The van der Waals surface area contributed by atoms with Crippen LogP contribution in [0.4, 0.5) is 11.4 Å². The number of para-hydroxylation sites is 1. The van der Waals surface area contributed by atoms with Crippen LogP contribution in [0, 0.1) is 10.1 Å². The van der Waals surface area contributed by atoms with Crippen molar-refractivity contribution in [2.45, 2.75) is 13.3 Å². The minimum absolute atomic E-state index is 0.103. The van der Waals surface area contributed by atoms with Gasteiger partial charge >= 0.3 is 0 Å². The Morgan fingerprint density at radius 2 is 1.93 bits per heavy atom. The summed E-state index contributed by atoms with van der Waals surface area (Å²) >= 11 is 11.9. The number of carbonyl (C=O) groups is 2. The number of hydrogen-bond acceptors (Lipinski definition) is 4. The second-order valence-corrected chi connectivity index (χ2v) is 6.93. The van der Waals surface area contributed by atoms with Crippen molar-refractivity contribution in [3.05, 3.63) is 74.3 Å². The van der Waals surface area contributed by atoms with Crippen molar-refractivity contribution in [1.29, 1.82) is 0 Å². The third-order valence-electron chi connectivity index (χ3n) is 3.88. The molecule has 2 rings (SSSR count). The molecule has 2 aromatic rings. The molecule has 0 heterocycles. The van der Waals surface area contributed by atoms with Gasteiger partial charge in [-0.2, -0.15) is 0 Å². The first kappa shape index (κ1) is 22.4. The molecular formula is C20H19Cl2N3O4. The third-order valence-corrected chi connectivity index (χ3v) is 4.43. The van der Waals surface area contributed by atoms with E-state index in [9.17, 15) is 19.7 Å². The molecule has 29 heavy (non-hydrogen) atoms. The number of rotatable bonds is 8. The van der Waals surface area contributed by atoms with Gasteiger partial charge in [-0.05, 0) is 36.8 Å². The largest absolute Gasteiger partial charge is 0.330 e. The summed E-state index contributed by atoms with van der Waals surface area (Å²) in [7, 11) is 0. The number of hydrogen-bond donors (Lipinski definition) is 1. The molecule has 0 aromatic heterocycles. The molecule has 7 nitrogen and oxygen atoms in total. The van der Waals surface area contributed by atoms with Gasteiger partial charge in [0, 0.05) is 23.7 Å². The highest BCUT2D eigenvalue weighted by Crippen LogP contribution is 2.25. The van der Waals surface area contributed by atoms with Crippen LogP contribution in [0.15, 0.2) is 48.5 Å². The normalized spacial score (nSPS) is 10.7. The first-order valence-electron chi connectivity index (χ1n) is 8.77. The van der Waals surface area contributed by atoms with Crippen molar-refractivity contribution in [3.8, 4) is 0 Å². The van der Waals surface area contributed by atoms with Crippen molar-refractivity contribution in [1.82, 2.24) is 4.90 Å². The number of benzene rings is 2. The molecule has 0 atom stereocenters. The van der Waals surface area contributed by atoms with Crippen LogP contribution in [0.3, 0.4) is 0 Å². The summed E-state index contributed by atoms with van der Waals surface area (Å²) in [5, 5.41) is 14.4. The molecular weight excluding hydrogens is 417 g/mol. The van der Waals surface area contributed by atoms with E-state index in [4.69, 9.17) is 23.2 Å². The van der Waals surface area contributed by atoms with E-state index in [-0.39, 0.29) is 17.3 Å². The Hall–Kier alpha value is -2.90. The summed E-state index contributed by atoms with van der Waals surface area (Å²) in [6.07, 6.45) is 3.23. The minimum atomic E-state index is -0.517. The average molecular weight is 436 g/mol. The lowest BCUT2D eigenvalue weighted by Gasteiger charge is -2.20. The predicted octanol–water partition coefficient (Wildman–Crippen LogP) is 4.79. The lowest BCUT2D eigenvalue weighted by molar-refractivity contribution is -0.385. The Kier molecular flexibility index (Phi) is 8.18. The molecule has 0 saturated carbocycles. The molecule has 0 fully saturated rings. The summed E-state index contributed by atoms with van der Waals surface area (Å²) in [5.74, 6) is -0.850. The van der Waals surface area contributed by atoms with Crippen molar-refractivity contribution in [2.75, 3.05) is 18.4 Å². The molecule has 0 aliphatic rings. The molecule has 1 N–H and O–H groups in total. The Balaban J connectivity index is 2.09. The zero-order valence-electron chi connectivity index (χ0n) is 15.6. The molecule has 2 amide bonds. The van der Waals surface area contributed by atoms with Crippen LogP contribution >= 0.6 is 23.2 Å². The van der Waals surface area contributed by atoms with Gasteiger partial charge in [-0.3, -0.25) is 19.7 Å². The van der Waals surface area contributed by atoms with E-state index in [2.05, 4.69) is 5.32 Å². The summed E-state index contributed by atoms with van der Waals surface area (Å²) in [4.78, 5) is 36.8. The quantitative estimate of drug-likeness (QED) is 0.366. The molecule has 9 heteroatoms. The third kappa shape index (κ3) is 6.58. The molecule has 0 aliphatic carbocycles. The molecule has 0 spiro atoms.